The highest BCUT2D eigenvalue weighted by molar-refractivity contribution is 7.99. The van der Waals surface area contributed by atoms with Gasteiger partial charge >= 0.3 is 0 Å². The summed E-state index contributed by atoms with van der Waals surface area (Å²) in [5.74, 6) is 2.53. The van der Waals surface area contributed by atoms with Gasteiger partial charge in [-0.25, -0.2) is 4.68 Å². The summed E-state index contributed by atoms with van der Waals surface area (Å²) in [5, 5.41) is 4.21. The van der Waals surface area contributed by atoms with Crippen LogP contribution in [0.3, 0.4) is 0 Å². The molecule has 0 aromatic carbocycles. The van der Waals surface area contributed by atoms with Gasteiger partial charge in [0.05, 0.1) is 5.69 Å². The van der Waals surface area contributed by atoms with Crippen LogP contribution in [-0.4, -0.2) is 74.2 Å². The highest BCUT2D eigenvalue weighted by Crippen LogP contribution is 2.23. The van der Waals surface area contributed by atoms with E-state index in [2.05, 4.69) is 15.0 Å². The Morgan fingerprint density at radius 1 is 1.21 bits per heavy atom. The number of rotatable bonds is 3. The number of hydrogen-bond donors (Lipinski definition) is 0. The van der Waals surface area contributed by atoms with E-state index in [9.17, 15) is 4.79 Å². The molecule has 4 heterocycles. The first-order chi connectivity index (χ1) is 11.8. The fourth-order valence-corrected chi connectivity index (χ4v) is 4.62. The minimum Gasteiger partial charge on any atom is -0.335 e. The van der Waals surface area contributed by atoms with Gasteiger partial charge in [0.25, 0.3) is 5.91 Å². The Labute approximate surface area is 145 Å². The van der Waals surface area contributed by atoms with Gasteiger partial charge in [0.15, 0.2) is 0 Å². The van der Waals surface area contributed by atoms with Gasteiger partial charge in [-0.1, -0.05) is 0 Å². The Balaban J connectivity index is 1.42. The third kappa shape index (κ3) is 3.18. The molecule has 4 rings (SSSR count). The molecule has 0 aliphatic carbocycles. The molecule has 6 nitrogen and oxygen atoms in total. The van der Waals surface area contributed by atoms with Crippen molar-refractivity contribution in [1.82, 2.24) is 24.6 Å². The van der Waals surface area contributed by atoms with Crippen LogP contribution in [0.15, 0.2) is 36.8 Å². The standard InChI is InChI=1S/C17H21N5OS/c23-17(16-12-14(2-5-18-16)22-6-1-4-19-22)21-9-7-20(8-10-21)15-3-11-24-13-15/h1-2,4-6,12,15H,3,7-11,13H2/t15-/m1/s1. The molecule has 0 saturated carbocycles. The Bertz CT molecular complexity index is 691. The minimum absolute atomic E-state index is 0.0180. The molecule has 2 aromatic rings. The van der Waals surface area contributed by atoms with Crippen molar-refractivity contribution in [3.63, 3.8) is 0 Å². The van der Waals surface area contributed by atoms with Gasteiger partial charge in [0.2, 0.25) is 0 Å². The minimum atomic E-state index is 0.0180. The molecule has 2 saturated heterocycles. The topological polar surface area (TPSA) is 54.3 Å². The van der Waals surface area contributed by atoms with Crippen LogP contribution in [0.1, 0.15) is 16.9 Å². The number of hydrogen-bond acceptors (Lipinski definition) is 5. The van der Waals surface area contributed by atoms with E-state index in [1.54, 1.807) is 17.1 Å². The molecule has 0 N–H and O–H groups in total. The second-order valence-electron chi connectivity index (χ2n) is 6.20. The molecule has 1 amide bonds. The van der Waals surface area contributed by atoms with E-state index in [0.717, 1.165) is 31.9 Å². The molecule has 7 heteroatoms. The molecule has 126 valence electrons. The number of amides is 1. The monoisotopic (exact) mass is 343 g/mol. The van der Waals surface area contributed by atoms with Crippen LogP contribution >= 0.6 is 11.8 Å². The van der Waals surface area contributed by atoms with Crippen LogP contribution < -0.4 is 0 Å². The lowest BCUT2D eigenvalue weighted by atomic mass is 10.2. The number of pyridine rings is 1. The third-order valence-electron chi connectivity index (χ3n) is 4.76. The van der Waals surface area contributed by atoms with E-state index in [4.69, 9.17) is 0 Å². The Kier molecular flexibility index (Phi) is 4.53. The average Bonchev–Trinajstić information content (AvgIpc) is 3.35. The van der Waals surface area contributed by atoms with Gasteiger partial charge in [0, 0.05) is 56.6 Å². The number of piperazine rings is 1. The number of thioether (sulfide) groups is 1. The molecule has 0 unspecified atom stereocenters. The lowest BCUT2D eigenvalue weighted by molar-refractivity contribution is 0.0583. The van der Waals surface area contributed by atoms with Crippen LogP contribution in [0.2, 0.25) is 0 Å². The van der Waals surface area contributed by atoms with Crippen molar-refractivity contribution in [2.24, 2.45) is 0 Å². The fourth-order valence-electron chi connectivity index (χ4n) is 3.36. The van der Waals surface area contributed by atoms with Gasteiger partial charge in [-0.05, 0) is 30.4 Å². The van der Waals surface area contributed by atoms with Gasteiger partial charge < -0.3 is 4.90 Å². The molecule has 2 fully saturated rings. The van der Waals surface area contributed by atoms with Crippen molar-refractivity contribution in [2.45, 2.75) is 12.5 Å². The molecule has 0 spiro atoms. The summed E-state index contributed by atoms with van der Waals surface area (Å²) in [4.78, 5) is 21.5. The smallest absolute Gasteiger partial charge is 0.272 e. The van der Waals surface area contributed by atoms with Crippen molar-refractivity contribution in [3.8, 4) is 5.69 Å². The molecular formula is C17H21N5OS. The fraction of sp³-hybridized carbons (Fsp3) is 0.471. The van der Waals surface area contributed by atoms with Crippen molar-refractivity contribution < 1.29 is 4.79 Å². The zero-order valence-corrected chi connectivity index (χ0v) is 14.4. The quantitative estimate of drug-likeness (QED) is 0.846. The summed E-state index contributed by atoms with van der Waals surface area (Å²) >= 11 is 2.04. The van der Waals surface area contributed by atoms with Crippen LogP contribution in [0.4, 0.5) is 0 Å². The van der Waals surface area contributed by atoms with Crippen LogP contribution in [0.25, 0.3) is 5.69 Å². The molecule has 2 aromatic heterocycles. The SMILES string of the molecule is O=C(c1cc(-n2cccn2)ccn1)N1CCN([C@@H]2CCSC2)CC1. The zero-order valence-electron chi connectivity index (χ0n) is 13.5. The summed E-state index contributed by atoms with van der Waals surface area (Å²) in [5.41, 5.74) is 1.35. The Morgan fingerprint density at radius 2 is 2.08 bits per heavy atom. The van der Waals surface area contributed by atoms with E-state index in [-0.39, 0.29) is 5.91 Å². The van der Waals surface area contributed by atoms with Crippen molar-refractivity contribution in [1.29, 1.82) is 0 Å². The molecule has 2 aliphatic rings. The summed E-state index contributed by atoms with van der Waals surface area (Å²) in [6, 6.07) is 6.24. The largest absolute Gasteiger partial charge is 0.335 e. The number of aromatic nitrogens is 3. The number of carbonyl (C=O) groups is 1. The normalized spacial score (nSPS) is 22.0. The van der Waals surface area contributed by atoms with Crippen molar-refractivity contribution in [2.75, 3.05) is 37.7 Å². The summed E-state index contributed by atoms with van der Waals surface area (Å²) < 4.78 is 1.74. The first-order valence-electron chi connectivity index (χ1n) is 8.38. The highest BCUT2D eigenvalue weighted by atomic mass is 32.2. The third-order valence-corrected chi connectivity index (χ3v) is 5.90. The van der Waals surface area contributed by atoms with Gasteiger partial charge in [-0.3, -0.25) is 14.7 Å². The van der Waals surface area contributed by atoms with Gasteiger partial charge in [-0.2, -0.15) is 16.9 Å². The average molecular weight is 343 g/mol. The molecule has 2 aliphatic heterocycles. The van der Waals surface area contributed by atoms with Gasteiger partial charge in [-0.15, -0.1) is 0 Å². The second-order valence-corrected chi connectivity index (χ2v) is 7.35. The maximum absolute atomic E-state index is 12.8. The second kappa shape index (κ2) is 6.94. The molecular weight excluding hydrogens is 322 g/mol. The maximum Gasteiger partial charge on any atom is 0.272 e. The Morgan fingerprint density at radius 3 is 2.79 bits per heavy atom. The maximum atomic E-state index is 12.8. The zero-order chi connectivity index (χ0) is 16.4. The van der Waals surface area contributed by atoms with Crippen molar-refractivity contribution >= 4 is 17.7 Å². The van der Waals surface area contributed by atoms with Crippen molar-refractivity contribution in [3.05, 3.63) is 42.5 Å². The van der Waals surface area contributed by atoms with Crippen LogP contribution in [-0.2, 0) is 0 Å². The first kappa shape index (κ1) is 15.7. The van der Waals surface area contributed by atoms with E-state index in [1.807, 2.05) is 41.1 Å². The van der Waals surface area contributed by atoms with E-state index >= 15 is 0 Å². The van der Waals surface area contributed by atoms with E-state index < -0.39 is 0 Å². The summed E-state index contributed by atoms with van der Waals surface area (Å²) in [6.07, 6.45) is 6.55. The molecule has 0 bridgehead atoms. The Hall–Kier alpha value is -1.86. The summed E-state index contributed by atoms with van der Waals surface area (Å²) in [7, 11) is 0. The highest BCUT2D eigenvalue weighted by Gasteiger charge is 2.28. The molecule has 24 heavy (non-hydrogen) atoms. The summed E-state index contributed by atoms with van der Waals surface area (Å²) in [6.45, 7) is 3.51. The lowest BCUT2D eigenvalue weighted by Gasteiger charge is -2.37. The first-order valence-corrected chi connectivity index (χ1v) is 9.54. The molecule has 1 atom stereocenters. The predicted molar refractivity (Wildman–Crippen MR) is 94.6 cm³/mol. The van der Waals surface area contributed by atoms with E-state index in [1.165, 1.54) is 17.9 Å². The number of nitrogens with zero attached hydrogens (tertiary/aromatic N) is 5. The van der Waals surface area contributed by atoms with E-state index in [0.29, 0.717) is 11.7 Å². The van der Waals surface area contributed by atoms with Crippen LogP contribution in [0.5, 0.6) is 0 Å². The predicted octanol–water partition coefficient (Wildman–Crippen LogP) is 1.53. The lowest BCUT2D eigenvalue weighted by Crippen LogP contribution is -2.52. The molecule has 0 radical (unpaired) electrons. The van der Waals surface area contributed by atoms with Crippen LogP contribution in [0, 0.1) is 0 Å². The number of carbonyl (C=O) groups excluding carboxylic acids is 1. The van der Waals surface area contributed by atoms with Gasteiger partial charge in [0.1, 0.15) is 5.69 Å².